The van der Waals surface area contributed by atoms with Crippen LogP contribution >= 0.6 is 11.6 Å². The number of ether oxygens (including phenoxy) is 1. The van der Waals surface area contributed by atoms with Gasteiger partial charge >= 0.3 is 5.97 Å². The van der Waals surface area contributed by atoms with Crippen LogP contribution in [0.25, 0.3) is 0 Å². The highest BCUT2D eigenvalue weighted by atomic mass is 35.5. The number of aryl methyl sites for hydroxylation is 2. The molecule has 1 fully saturated rings. The first-order valence-corrected chi connectivity index (χ1v) is 8.88. The van der Waals surface area contributed by atoms with E-state index in [1.165, 1.54) is 0 Å². The molecule has 2 rings (SSSR count). The fourth-order valence-corrected chi connectivity index (χ4v) is 3.25. The number of nitrogens with one attached hydrogen (secondary N) is 2. The molecule has 0 spiro atoms. The molecule has 0 bridgehead atoms. The van der Waals surface area contributed by atoms with Crippen molar-refractivity contribution in [3.8, 4) is 5.75 Å². The van der Waals surface area contributed by atoms with Gasteiger partial charge in [-0.1, -0.05) is 24.4 Å². The Labute approximate surface area is 157 Å². The Morgan fingerprint density at radius 3 is 2.27 bits per heavy atom. The molecular formula is C18H23ClN2O5. The predicted octanol–water partition coefficient (Wildman–Crippen LogP) is 2.37. The van der Waals surface area contributed by atoms with Crippen LogP contribution in [0.5, 0.6) is 5.75 Å². The number of rotatable bonds is 5. The molecule has 3 N–H and O–H groups in total. The van der Waals surface area contributed by atoms with Crippen LogP contribution < -0.4 is 15.6 Å². The van der Waals surface area contributed by atoms with Crippen LogP contribution in [-0.4, -0.2) is 29.5 Å². The maximum absolute atomic E-state index is 12.2. The third-order valence-corrected chi connectivity index (χ3v) is 5.12. The number of carboxylic acid groups (broad SMARTS) is 1. The average Bonchev–Trinajstić information content (AvgIpc) is 2.62. The third-order valence-electron chi connectivity index (χ3n) is 4.52. The molecule has 142 valence electrons. The van der Waals surface area contributed by atoms with Gasteiger partial charge in [-0.2, -0.15) is 0 Å². The molecule has 1 aliphatic carbocycles. The summed E-state index contributed by atoms with van der Waals surface area (Å²) in [4.78, 5) is 35.3. The summed E-state index contributed by atoms with van der Waals surface area (Å²) >= 11 is 6.08. The fourth-order valence-electron chi connectivity index (χ4n) is 3.14. The van der Waals surface area contributed by atoms with Gasteiger partial charge in [0.05, 0.1) is 11.8 Å². The van der Waals surface area contributed by atoms with Crippen molar-refractivity contribution in [1.29, 1.82) is 0 Å². The topological polar surface area (TPSA) is 105 Å². The second-order valence-electron chi connectivity index (χ2n) is 6.53. The van der Waals surface area contributed by atoms with E-state index in [1.54, 1.807) is 12.1 Å². The summed E-state index contributed by atoms with van der Waals surface area (Å²) in [7, 11) is 0. The highest BCUT2D eigenvalue weighted by molar-refractivity contribution is 6.32. The van der Waals surface area contributed by atoms with Crippen molar-refractivity contribution in [2.75, 3.05) is 6.61 Å². The Bertz CT molecular complexity index is 684. The lowest BCUT2D eigenvalue weighted by Gasteiger charge is -2.27. The average molecular weight is 383 g/mol. The SMILES string of the molecule is Cc1cc(OCC(=O)NNC(=O)[C@@H]2CCCC[C@H]2C(=O)O)cc(C)c1Cl. The van der Waals surface area contributed by atoms with Crippen molar-refractivity contribution in [3.05, 3.63) is 28.3 Å². The van der Waals surface area contributed by atoms with E-state index in [9.17, 15) is 19.5 Å². The molecule has 0 radical (unpaired) electrons. The lowest BCUT2D eigenvalue weighted by atomic mass is 9.79. The number of carbonyl (C=O) groups excluding carboxylic acids is 2. The molecule has 26 heavy (non-hydrogen) atoms. The molecule has 7 nitrogen and oxygen atoms in total. The van der Waals surface area contributed by atoms with Crippen molar-refractivity contribution in [1.82, 2.24) is 10.9 Å². The zero-order valence-electron chi connectivity index (χ0n) is 14.8. The minimum absolute atomic E-state index is 0.284. The number of halogens is 1. The van der Waals surface area contributed by atoms with Crippen LogP contribution in [0.2, 0.25) is 5.02 Å². The van der Waals surface area contributed by atoms with E-state index in [1.807, 2.05) is 13.8 Å². The van der Waals surface area contributed by atoms with Gasteiger partial charge in [0.2, 0.25) is 5.91 Å². The van der Waals surface area contributed by atoms with E-state index in [2.05, 4.69) is 10.9 Å². The summed E-state index contributed by atoms with van der Waals surface area (Å²) in [5.74, 6) is -2.84. The second-order valence-corrected chi connectivity index (χ2v) is 6.91. The molecule has 8 heteroatoms. The van der Waals surface area contributed by atoms with E-state index in [0.29, 0.717) is 23.6 Å². The minimum Gasteiger partial charge on any atom is -0.484 e. The minimum atomic E-state index is -0.979. The Balaban J connectivity index is 1.83. The highest BCUT2D eigenvalue weighted by Crippen LogP contribution is 2.30. The first kappa shape index (κ1) is 20.0. The summed E-state index contributed by atoms with van der Waals surface area (Å²) in [6.07, 6.45) is 2.56. The lowest BCUT2D eigenvalue weighted by Crippen LogP contribution is -2.49. The molecule has 0 saturated heterocycles. The van der Waals surface area contributed by atoms with Crippen LogP contribution in [0.15, 0.2) is 12.1 Å². The van der Waals surface area contributed by atoms with Crippen LogP contribution in [0.1, 0.15) is 36.8 Å². The monoisotopic (exact) mass is 382 g/mol. The molecule has 1 aromatic rings. The van der Waals surface area contributed by atoms with E-state index < -0.39 is 29.6 Å². The summed E-state index contributed by atoms with van der Waals surface area (Å²) in [5.41, 5.74) is 6.25. The van der Waals surface area contributed by atoms with Crippen molar-refractivity contribution < 1.29 is 24.2 Å². The fraction of sp³-hybridized carbons (Fsp3) is 0.500. The Morgan fingerprint density at radius 1 is 1.12 bits per heavy atom. The highest BCUT2D eigenvalue weighted by Gasteiger charge is 2.35. The smallest absolute Gasteiger partial charge is 0.307 e. The zero-order valence-corrected chi connectivity index (χ0v) is 15.6. The summed E-state index contributed by atoms with van der Waals surface area (Å²) < 4.78 is 5.41. The number of hydrogen-bond donors (Lipinski definition) is 3. The van der Waals surface area contributed by atoms with Gasteiger partial charge in [0.25, 0.3) is 5.91 Å². The molecule has 1 saturated carbocycles. The van der Waals surface area contributed by atoms with Crippen molar-refractivity contribution >= 4 is 29.4 Å². The van der Waals surface area contributed by atoms with Gasteiger partial charge in [0.1, 0.15) is 5.75 Å². The van der Waals surface area contributed by atoms with E-state index >= 15 is 0 Å². The van der Waals surface area contributed by atoms with Gasteiger partial charge in [-0.25, -0.2) is 0 Å². The number of carbonyl (C=O) groups is 3. The predicted molar refractivity (Wildman–Crippen MR) is 95.8 cm³/mol. The van der Waals surface area contributed by atoms with Crippen molar-refractivity contribution in [2.45, 2.75) is 39.5 Å². The van der Waals surface area contributed by atoms with Crippen molar-refractivity contribution in [2.24, 2.45) is 11.8 Å². The largest absolute Gasteiger partial charge is 0.484 e. The summed E-state index contributed by atoms with van der Waals surface area (Å²) in [6, 6.07) is 3.45. The van der Waals surface area contributed by atoms with Gasteiger partial charge in [-0.15, -0.1) is 0 Å². The first-order chi connectivity index (χ1) is 12.3. The van der Waals surface area contributed by atoms with Crippen LogP contribution in [-0.2, 0) is 14.4 Å². The number of amides is 2. The number of aliphatic carboxylic acids is 1. The van der Waals surface area contributed by atoms with E-state index in [4.69, 9.17) is 16.3 Å². The van der Waals surface area contributed by atoms with Gasteiger partial charge < -0.3 is 9.84 Å². The maximum Gasteiger partial charge on any atom is 0.307 e. The molecule has 0 aliphatic heterocycles. The Morgan fingerprint density at radius 2 is 1.69 bits per heavy atom. The molecule has 1 aromatic carbocycles. The third kappa shape index (κ3) is 5.11. The molecule has 2 atom stereocenters. The Hall–Kier alpha value is -2.28. The lowest BCUT2D eigenvalue weighted by molar-refractivity contribution is -0.149. The number of carboxylic acids is 1. The normalized spacial score (nSPS) is 19.5. The maximum atomic E-state index is 12.2. The van der Waals surface area contributed by atoms with Crippen LogP contribution in [0, 0.1) is 25.7 Å². The standard InChI is InChI=1S/C18H23ClN2O5/c1-10-7-12(8-11(2)16(10)19)26-9-15(22)20-21-17(23)13-5-3-4-6-14(13)18(24)25/h7-8,13-14H,3-6,9H2,1-2H3,(H,20,22)(H,21,23)(H,24,25)/t13-,14-/m1/s1. The molecule has 0 unspecified atom stereocenters. The molecular weight excluding hydrogens is 360 g/mol. The quantitative estimate of drug-likeness (QED) is 0.678. The van der Waals surface area contributed by atoms with Gasteiger partial charge in [0, 0.05) is 5.02 Å². The molecule has 2 amide bonds. The molecule has 0 heterocycles. The van der Waals surface area contributed by atoms with Crippen molar-refractivity contribution in [3.63, 3.8) is 0 Å². The Kier molecular flexibility index (Phi) is 6.85. The molecule has 0 aromatic heterocycles. The summed E-state index contributed by atoms with van der Waals surface area (Å²) in [6.45, 7) is 3.39. The number of hydrazine groups is 1. The van der Waals surface area contributed by atoms with Gasteiger partial charge in [-0.05, 0) is 49.9 Å². The van der Waals surface area contributed by atoms with E-state index in [-0.39, 0.29) is 6.61 Å². The first-order valence-electron chi connectivity index (χ1n) is 8.50. The summed E-state index contributed by atoms with van der Waals surface area (Å²) in [5, 5.41) is 9.86. The molecule has 1 aliphatic rings. The zero-order chi connectivity index (χ0) is 19.3. The van der Waals surface area contributed by atoms with Gasteiger partial charge in [0.15, 0.2) is 6.61 Å². The van der Waals surface area contributed by atoms with Crippen LogP contribution in [0.3, 0.4) is 0 Å². The van der Waals surface area contributed by atoms with Gasteiger partial charge in [-0.3, -0.25) is 25.2 Å². The number of hydrogen-bond acceptors (Lipinski definition) is 4. The second kappa shape index (κ2) is 8.89. The van der Waals surface area contributed by atoms with Crippen LogP contribution in [0.4, 0.5) is 0 Å². The van der Waals surface area contributed by atoms with E-state index in [0.717, 1.165) is 24.0 Å². The number of benzene rings is 1.